The number of hydrogen-bond donors (Lipinski definition) is 0. The normalized spacial score (nSPS) is 15.5. The van der Waals surface area contributed by atoms with E-state index in [0.717, 1.165) is 5.56 Å². The first kappa shape index (κ1) is 27.0. The Labute approximate surface area is 225 Å². The van der Waals surface area contributed by atoms with Crippen LogP contribution in [0.1, 0.15) is 57.4 Å². The highest BCUT2D eigenvalue weighted by Crippen LogP contribution is 2.31. The van der Waals surface area contributed by atoms with Crippen molar-refractivity contribution in [1.82, 2.24) is 4.57 Å². The minimum absolute atomic E-state index is 0.0248. The number of allylic oxidation sites excluding steroid dienone is 1. The molecule has 0 bridgehead atoms. The molecule has 0 amide bonds. The van der Waals surface area contributed by atoms with Gasteiger partial charge >= 0.3 is 11.9 Å². The predicted octanol–water partition coefficient (Wildman–Crippen LogP) is 4.19. The zero-order valence-electron chi connectivity index (χ0n) is 22.1. The van der Waals surface area contributed by atoms with Gasteiger partial charge in [-0.25, -0.2) is 9.79 Å². The molecule has 0 fully saturated rings. The molecule has 1 aromatic heterocycles. The molecule has 0 saturated carbocycles. The number of aromatic nitrogens is 1. The Morgan fingerprint density at radius 2 is 1.76 bits per heavy atom. The number of thiazole rings is 1. The largest absolute Gasteiger partial charge is 0.458 e. The fourth-order valence-corrected chi connectivity index (χ4v) is 5.27. The molecular formula is C30H30N2O5S. The lowest BCUT2D eigenvalue weighted by atomic mass is 9.87. The van der Waals surface area contributed by atoms with Crippen molar-refractivity contribution < 1.29 is 19.1 Å². The average molecular weight is 531 g/mol. The van der Waals surface area contributed by atoms with Gasteiger partial charge in [0.15, 0.2) is 4.80 Å². The van der Waals surface area contributed by atoms with Crippen LogP contribution in [-0.4, -0.2) is 23.1 Å². The van der Waals surface area contributed by atoms with Crippen molar-refractivity contribution in [3.8, 4) is 5.75 Å². The first-order chi connectivity index (χ1) is 18.0. The monoisotopic (exact) mass is 530 g/mol. The molecule has 0 spiro atoms. The summed E-state index contributed by atoms with van der Waals surface area (Å²) in [4.78, 5) is 43.3. The highest BCUT2D eigenvalue weighted by atomic mass is 32.1. The number of hydrogen-bond acceptors (Lipinski definition) is 7. The number of benzene rings is 2. The van der Waals surface area contributed by atoms with Crippen molar-refractivity contribution >= 4 is 29.4 Å². The molecule has 1 atom stereocenters. The molecule has 8 heteroatoms. The Kier molecular flexibility index (Phi) is 7.64. The lowest BCUT2D eigenvalue weighted by molar-refractivity contribution is -0.138. The second kappa shape index (κ2) is 10.8. The van der Waals surface area contributed by atoms with Gasteiger partial charge in [-0.2, -0.15) is 0 Å². The molecule has 0 radical (unpaired) electrons. The third-order valence-electron chi connectivity index (χ3n) is 6.11. The van der Waals surface area contributed by atoms with E-state index in [-0.39, 0.29) is 23.2 Å². The third-order valence-corrected chi connectivity index (χ3v) is 7.09. The zero-order chi connectivity index (χ0) is 27.6. The Balaban J connectivity index is 1.85. The molecule has 4 rings (SSSR count). The second-order valence-corrected chi connectivity index (χ2v) is 11.0. The van der Waals surface area contributed by atoms with Gasteiger partial charge in [-0.1, -0.05) is 81.2 Å². The van der Waals surface area contributed by atoms with Crippen molar-refractivity contribution in [2.24, 2.45) is 4.99 Å². The van der Waals surface area contributed by atoms with Crippen LogP contribution in [0, 0.1) is 0 Å². The molecule has 2 aromatic carbocycles. The molecule has 0 saturated heterocycles. The van der Waals surface area contributed by atoms with E-state index in [1.807, 2.05) is 18.2 Å². The van der Waals surface area contributed by atoms with Crippen LogP contribution in [-0.2, 0) is 19.7 Å². The van der Waals surface area contributed by atoms with Gasteiger partial charge in [-0.3, -0.25) is 14.2 Å². The van der Waals surface area contributed by atoms with E-state index in [0.29, 0.717) is 26.3 Å². The van der Waals surface area contributed by atoms with Crippen LogP contribution in [0.25, 0.3) is 6.08 Å². The summed E-state index contributed by atoms with van der Waals surface area (Å²) >= 11 is 1.27. The summed E-state index contributed by atoms with van der Waals surface area (Å²) in [6.07, 6.45) is 3.32. The van der Waals surface area contributed by atoms with E-state index in [2.05, 4.69) is 44.5 Å². The molecule has 1 aliphatic heterocycles. The molecule has 38 heavy (non-hydrogen) atoms. The van der Waals surface area contributed by atoms with Crippen LogP contribution in [0.5, 0.6) is 5.75 Å². The van der Waals surface area contributed by atoms with Gasteiger partial charge in [0.1, 0.15) is 12.4 Å². The fourth-order valence-electron chi connectivity index (χ4n) is 4.23. The molecule has 0 aliphatic carbocycles. The SMILES string of the molecule is C=CCOC(=O)C1=C(C)N=c2s/c(=C/c3ccc(C(C)(C)C)cc3)c(=O)n2[C@H]1c1ccc(OC(C)=O)cc1. The Morgan fingerprint density at radius 3 is 2.34 bits per heavy atom. The van der Waals surface area contributed by atoms with Crippen LogP contribution in [0.2, 0.25) is 0 Å². The minimum atomic E-state index is -0.764. The van der Waals surface area contributed by atoms with Gasteiger partial charge in [-0.05, 0) is 47.2 Å². The molecule has 7 nitrogen and oxygen atoms in total. The minimum Gasteiger partial charge on any atom is -0.458 e. The Morgan fingerprint density at radius 1 is 1.11 bits per heavy atom. The summed E-state index contributed by atoms with van der Waals surface area (Å²) in [7, 11) is 0. The van der Waals surface area contributed by atoms with Crippen molar-refractivity contribution in [2.45, 2.75) is 46.1 Å². The molecule has 0 N–H and O–H groups in total. The van der Waals surface area contributed by atoms with Gasteiger partial charge in [0, 0.05) is 6.92 Å². The number of fused-ring (bicyclic) bond motifs is 1. The summed E-state index contributed by atoms with van der Waals surface area (Å²) in [5.41, 5.74) is 3.25. The van der Waals surface area contributed by atoms with Gasteiger partial charge in [0.05, 0.1) is 21.8 Å². The van der Waals surface area contributed by atoms with Crippen LogP contribution in [0.3, 0.4) is 0 Å². The number of nitrogens with zero attached hydrogens (tertiary/aromatic N) is 2. The highest BCUT2D eigenvalue weighted by Gasteiger charge is 2.33. The van der Waals surface area contributed by atoms with Gasteiger partial charge in [0.2, 0.25) is 0 Å². The molecule has 3 aromatic rings. The molecular weight excluding hydrogens is 500 g/mol. The van der Waals surface area contributed by atoms with Crippen molar-refractivity contribution in [3.63, 3.8) is 0 Å². The van der Waals surface area contributed by atoms with E-state index >= 15 is 0 Å². The lowest BCUT2D eigenvalue weighted by Gasteiger charge is -2.24. The Hall–Kier alpha value is -4.04. The zero-order valence-corrected chi connectivity index (χ0v) is 22.9. The van der Waals surface area contributed by atoms with Crippen molar-refractivity contribution in [1.29, 1.82) is 0 Å². The average Bonchev–Trinajstić information content (AvgIpc) is 3.16. The third kappa shape index (κ3) is 5.60. The smallest absolute Gasteiger partial charge is 0.338 e. The maximum absolute atomic E-state index is 13.8. The molecule has 1 aliphatic rings. The van der Waals surface area contributed by atoms with Gasteiger partial charge in [-0.15, -0.1) is 0 Å². The first-order valence-electron chi connectivity index (χ1n) is 12.2. The number of rotatable bonds is 6. The van der Waals surface area contributed by atoms with Crippen LogP contribution >= 0.6 is 11.3 Å². The topological polar surface area (TPSA) is 87.0 Å². The maximum atomic E-state index is 13.8. The lowest BCUT2D eigenvalue weighted by Crippen LogP contribution is -2.39. The Bertz CT molecular complexity index is 1600. The number of ether oxygens (including phenoxy) is 2. The predicted molar refractivity (Wildman–Crippen MR) is 148 cm³/mol. The second-order valence-electron chi connectivity index (χ2n) is 10.0. The van der Waals surface area contributed by atoms with E-state index in [4.69, 9.17) is 9.47 Å². The first-order valence-corrected chi connectivity index (χ1v) is 13.0. The summed E-state index contributed by atoms with van der Waals surface area (Å²) in [5, 5.41) is 0. The van der Waals surface area contributed by atoms with Gasteiger partial charge in [0.25, 0.3) is 5.56 Å². The van der Waals surface area contributed by atoms with E-state index in [1.54, 1.807) is 31.2 Å². The van der Waals surface area contributed by atoms with Crippen LogP contribution in [0.15, 0.2) is 82.2 Å². The summed E-state index contributed by atoms with van der Waals surface area (Å²) < 4.78 is 12.5. The fraction of sp³-hybridized carbons (Fsp3) is 0.267. The van der Waals surface area contributed by atoms with E-state index in [1.165, 1.54) is 34.5 Å². The number of esters is 2. The van der Waals surface area contributed by atoms with Crippen LogP contribution in [0.4, 0.5) is 0 Å². The quantitative estimate of drug-likeness (QED) is 0.271. The highest BCUT2D eigenvalue weighted by molar-refractivity contribution is 7.07. The molecule has 196 valence electrons. The van der Waals surface area contributed by atoms with Crippen LogP contribution < -0.4 is 19.6 Å². The molecule has 2 heterocycles. The summed E-state index contributed by atoms with van der Waals surface area (Å²) in [5.74, 6) is -0.651. The van der Waals surface area contributed by atoms with Crippen molar-refractivity contribution in [3.05, 3.63) is 109 Å². The van der Waals surface area contributed by atoms with Gasteiger partial charge < -0.3 is 9.47 Å². The number of carbonyl (C=O) groups excluding carboxylic acids is 2. The van der Waals surface area contributed by atoms with Crippen molar-refractivity contribution in [2.75, 3.05) is 6.61 Å². The summed E-state index contributed by atoms with van der Waals surface area (Å²) in [6, 6.07) is 14.1. The maximum Gasteiger partial charge on any atom is 0.338 e. The number of carbonyl (C=O) groups is 2. The summed E-state index contributed by atoms with van der Waals surface area (Å²) in [6.45, 7) is 13.1. The van der Waals surface area contributed by atoms with E-state index < -0.39 is 18.0 Å². The molecule has 0 unspecified atom stereocenters. The van der Waals surface area contributed by atoms with E-state index in [9.17, 15) is 14.4 Å². The standard InChI is InChI=1S/C30H30N2O5S/c1-7-16-36-28(35)25-18(2)31-29-32(26(25)21-10-14-23(15-11-21)37-19(3)33)27(34)24(38-29)17-20-8-12-22(13-9-20)30(4,5)6/h7-15,17,26H,1,16H2,2-6H3/b24-17+/t26-/m0/s1.